The van der Waals surface area contributed by atoms with E-state index in [-0.39, 0.29) is 5.56 Å². The number of nitrogens with one attached hydrogen (secondary N) is 2. The van der Waals surface area contributed by atoms with Crippen LogP contribution in [0.3, 0.4) is 0 Å². The third kappa shape index (κ3) is 4.15. The second-order valence-corrected chi connectivity index (χ2v) is 6.59. The minimum absolute atomic E-state index is 0.221. The predicted octanol–water partition coefficient (Wildman–Crippen LogP) is 4.69. The molecule has 7 nitrogen and oxygen atoms in total. The quantitative estimate of drug-likeness (QED) is 0.414. The zero-order valence-electron chi connectivity index (χ0n) is 16.3. The number of hydrogen-bond donors (Lipinski definition) is 3. The van der Waals surface area contributed by atoms with Crippen molar-refractivity contribution in [3.63, 3.8) is 0 Å². The van der Waals surface area contributed by atoms with Crippen molar-refractivity contribution in [1.82, 2.24) is 9.97 Å². The first-order valence-electron chi connectivity index (χ1n) is 9.37. The van der Waals surface area contributed by atoms with E-state index in [0.29, 0.717) is 24.0 Å². The average molecular weight is 400 g/mol. The van der Waals surface area contributed by atoms with Gasteiger partial charge in [-0.3, -0.25) is 0 Å². The summed E-state index contributed by atoms with van der Waals surface area (Å²) < 4.78 is 5.42. The highest BCUT2D eigenvalue weighted by Gasteiger charge is 2.10. The van der Waals surface area contributed by atoms with Crippen molar-refractivity contribution in [3.8, 4) is 5.75 Å². The molecule has 0 atom stereocenters. The summed E-state index contributed by atoms with van der Waals surface area (Å²) in [5.74, 6) is 0.946. The molecular formula is C23H20N4O3. The third-order valence-corrected chi connectivity index (χ3v) is 4.63. The molecule has 4 aromatic rings. The minimum Gasteiger partial charge on any atom is -0.496 e. The molecule has 0 radical (unpaired) electrons. The first kappa shape index (κ1) is 19.2. The first-order valence-corrected chi connectivity index (χ1v) is 9.37. The normalized spacial score (nSPS) is 10.6. The molecule has 0 saturated heterocycles. The van der Waals surface area contributed by atoms with Crippen molar-refractivity contribution in [3.05, 3.63) is 83.9 Å². The van der Waals surface area contributed by atoms with Gasteiger partial charge < -0.3 is 20.5 Å². The smallest absolute Gasteiger partial charge is 0.335 e. The number of hydrogen-bond acceptors (Lipinski definition) is 6. The molecule has 0 amide bonds. The van der Waals surface area contributed by atoms with Crippen LogP contribution in [0.4, 0.5) is 17.5 Å². The molecule has 0 aliphatic carbocycles. The van der Waals surface area contributed by atoms with Crippen molar-refractivity contribution in [2.45, 2.75) is 6.54 Å². The predicted molar refractivity (Wildman–Crippen MR) is 117 cm³/mol. The lowest BCUT2D eigenvalue weighted by atomic mass is 10.2. The van der Waals surface area contributed by atoms with E-state index in [1.807, 2.05) is 48.5 Å². The van der Waals surface area contributed by atoms with E-state index in [4.69, 9.17) is 9.84 Å². The molecule has 0 aliphatic heterocycles. The number of rotatable bonds is 7. The van der Waals surface area contributed by atoms with Gasteiger partial charge in [-0.05, 0) is 42.5 Å². The van der Waals surface area contributed by atoms with Crippen molar-refractivity contribution >= 4 is 34.3 Å². The number of anilines is 3. The number of nitrogens with zero attached hydrogens (tertiary/aromatic N) is 2. The number of aromatic carboxylic acids is 1. The number of benzene rings is 3. The Labute approximate surface area is 173 Å². The molecule has 0 unspecified atom stereocenters. The molecule has 0 spiro atoms. The maximum absolute atomic E-state index is 11.0. The molecule has 4 rings (SSSR count). The molecule has 30 heavy (non-hydrogen) atoms. The van der Waals surface area contributed by atoms with Crippen LogP contribution in [0.15, 0.2) is 72.8 Å². The number of carbonyl (C=O) groups is 1. The maximum Gasteiger partial charge on any atom is 0.335 e. The zero-order chi connectivity index (χ0) is 20.9. The minimum atomic E-state index is -0.966. The van der Waals surface area contributed by atoms with Crippen molar-refractivity contribution in [2.24, 2.45) is 0 Å². The molecule has 0 bridgehead atoms. The summed E-state index contributed by atoms with van der Waals surface area (Å²) in [4.78, 5) is 20.2. The summed E-state index contributed by atoms with van der Waals surface area (Å²) in [6.07, 6.45) is 0. The fourth-order valence-corrected chi connectivity index (χ4v) is 3.12. The summed E-state index contributed by atoms with van der Waals surface area (Å²) in [6.45, 7) is 0.539. The monoisotopic (exact) mass is 400 g/mol. The van der Waals surface area contributed by atoms with Gasteiger partial charge in [-0.15, -0.1) is 0 Å². The number of ether oxygens (including phenoxy) is 1. The van der Waals surface area contributed by atoms with Gasteiger partial charge in [0.1, 0.15) is 11.6 Å². The van der Waals surface area contributed by atoms with E-state index in [9.17, 15) is 4.79 Å². The molecule has 7 heteroatoms. The van der Waals surface area contributed by atoms with E-state index in [0.717, 1.165) is 22.2 Å². The molecule has 1 heterocycles. The summed E-state index contributed by atoms with van der Waals surface area (Å²) in [5.41, 5.74) is 2.73. The van der Waals surface area contributed by atoms with Crippen molar-refractivity contribution in [1.29, 1.82) is 0 Å². The standard InChI is InChI=1S/C23H20N4O3/c1-30-20-9-5-2-6-16(20)14-24-21-18-7-3-4-8-19(18)26-23(27-21)25-17-12-10-15(11-13-17)22(28)29/h2-13H,14H2,1H3,(H,28,29)(H2,24,25,26,27). The molecule has 3 N–H and O–H groups in total. The Morgan fingerprint density at radius 1 is 0.967 bits per heavy atom. The Morgan fingerprint density at radius 2 is 1.70 bits per heavy atom. The van der Waals surface area contributed by atoms with Crippen molar-refractivity contribution in [2.75, 3.05) is 17.7 Å². The number of aromatic nitrogens is 2. The van der Waals surface area contributed by atoms with E-state index >= 15 is 0 Å². The fraction of sp³-hybridized carbons (Fsp3) is 0.0870. The summed E-state index contributed by atoms with van der Waals surface area (Å²) in [6, 6.07) is 22.0. The number of para-hydroxylation sites is 2. The van der Waals surface area contributed by atoms with Crippen LogP contribution in [-0.4, -0.2) is 28.2 Å². The van der Waals surface area contributed by atoms with Gasteiger partial charge in [-0.2, -0.15) is 4.98 Å². The SMILES string of the molecule is COc1ccccc1CNc1nc(Nc2ccc(C(=O)O)cc2)nc2ccccc12. The molecule has 150 valence electrons. The summed E-state index contributed by atoms with van der Waals surface area (Å²) in [5, 5.41) is 16.5. The Balaban J connectivity index is 1.63. The van der Waals surface area contributed by atoms with E-state index in [2.05, 4.69) is 20.6 Å². The first-order chi connectivity index (χ1) is 14.6. The van der Waals surface area contributed by atoms with Crippen LogP contribution in [0.1, 0.15) is 15.9 Å². The molecule has 0 saturated carbocycles. The molecular weight excluding hydrogens is 380 g/mol. The van der Waals surface area contributed by atoms with Crippen LogP contribution in [0.5, 0.6) is 5.75 Å². The van der Waals surface area contributed by atoms with Gasteiger partial charge in [0.15, 0.2) is 0 Å². The highest BCUT2D eigenvalue weighted by molar-refractivity contribution is 5.90. The van der Waals surface area contributed by atoms with Gasteiger partial charge in [0.2, 0.25) is 5.95 Å². The van der Waals surface area contributed by atoms with Crippen LogP contribution in [0, 0.1) is 0 Å². The summed E-state index contributed by atoms with van der Waals surface area (Å²) in [7, 11) is 1.65. The average Bonchev–Trinajstić information content (AvgIpc) is 2.78. The molecule has 3 aromatic carbocycles. The van der Waals surface area contributed by atoms with Gasteiger partial charge in [-0.25, -0.2) is 9.78 Å². The lowest BCUT2D eigenvalue weighted by molar-refractivity contribution is 0.0697. The Bertz CT molecular complexity index is 1190. The van der Waals surface area contributed by atoms with Gasteiger partial charge in [-0.1, -0.05) is 30.3 Å². The third-order valence-electron chi connectivity index (χ3n) is 4.63. The lowest BCUT2D eigenvalue weighted by Gasteiger charge is -2.13. The second kappa shape index (κ2) is 8.48. The Kier molecular flexibility index (Phi) is 5.43. The van der Waals surface area contributed by atoms with Gasteiger partial charge >= 0.3 is 5.97 Å². The Hall–Kier alpha value is -4.13. The fourth-order valence-electron chi connectivity index (χ4n) is 3.12. The molecule has 0 aliphatic rings. The largest absolute Gasteiger partial charge is 0.496 e. The highest BCUT2D eigenvalue weighted by Crippen LogP contribution is 2.25. The number of carboxylic acids is 1. The topological polar surface area (TPSA) is 96.4 Å². The number of fused-ring (bicyclic) bond motifs is 1. The van der Waals surface area contributed by atoms with Gasteiger partial charge in [0.25, 0.3) is 0 Å². The Morgan fingerprint density at radius 3 is 2.47 bits per heavy atom. The van der Waals surface area contributed by atoms with Gasteiger partial charge in [0.05, 0.1) is 18.2 Å². The van der Waals surface area contributed by atoms with Crippen molar-refractivity contribution < 1.29 is 14.6 Å². The van der Waals surface area contributed by atoms with Crippen LogP contribution >= 0.6 is 0 Å². The molecule has 0 fully saturated rings. The van der Waals surface area contributed by atoms with E-state index < -0.39 is 5.97 Å². The van der Waals surface area contributed by atoms with E-state index in [1.165, 1.54) is 12.1 Å². The lowest BCUT2D eigenvalue weighted by Crippen LogP contribution is -2.06. The van der Waals surface area contributed by atoms with Crippen LogP contribution < -0.4 is 15.4 Å². The molecule has 1 aromatic heterocycles. The van der Waals surface area contributed by atoms with Crippen LogP contribution in [-0.2, 0) is 6.54 Å². The summed E-state index contributed by atoms with van der Waals surface area (Å²) >= 11 is 0. The second-order valence-electron chi connectivity index (χ2n) is 6.59. The number of carboxylic acid groups (broad SMARTS) is 1. The maximum atomic E-state index is 11.0. The van der Waals surface area contributed by atoms with E-state index in [1.54, 1.807) is 19.2 Å². The van der Waals surface area contributed by atoms with Crippen LogP contribution in [0.2, 0.25) is 0 Å². The zero-order valence-corrected chi connectivity index (χ0v) is 16.3. The highest BCUT2D eigenvalue weighted by atomic mass is 16.5. The van der Waals surface area contributed by atoms with Gasteiger partial charge in [0, 0.05) is 23.2 Å². The number of methoxy groups -OCH3 is 1. The van der Waals surface area contributed by atoms with Crippen LogP contribution in [0.25, 0.3) is 10.9 Å².